The maximum Gasteiger partial charge on any atom is 0.110 e. The van der Waals surface area contributed by atoms with Crippen molar-refractivity contribution in [2.24, 2.45) is 5.92 Å². The molecule has 3 atom stereocenters. The van der Waals surface area contributed by atoms with Crippen molar-refractivity contribution in [3.8, 4) is 0 Å². The number of hydrogen-bond donors (Lipinski definition) is 0. The zero-order chi connectivity index (χ0) is 13.1. The van der Waals surface area contributed by atoms with Gasteiger partial charge in [-0.05, 0) is 35.1 Å². The molecule has 0 bridgehead atoms. The predicted octanol–water partition coefficient (Wildman–Crippen LogP) is 3.44. The fourth-order valence-corrected chi connectivity index (χ4v) is 4.29. The van der Waals surface area contributed by atoms with Gasteiger partial charge in [-0.15, -0.1) is 0 Å². The number of benzene rings is 2. The predicted molar refractivity (Wildman–Crippen MR) is 77.1 cm³/mol. The molecular formula is C18H17NO. The molecule has 20 heavy (non-hydrogen) atoms. The average molecular weight is 263 g/mol. The molecule has 0 N–H and O–H groups in total. The Bertz CT molecular complexity index is 681. The van der Waals surface area contributed by atoms with Crippen molar-refractivity contribution >= 4 is 0 Å². The second kappa shape index (κ2) is 3.94. The Kier molecular flexibility index (Phi) is 2.18. The Morgan fingerprint density at radius 1 is 0.900 bits per heavy atom. The zero-order valence-electron chi connectivity index (χ0n) is 11.3. The summed E-state index contributed by atoms with van der Waals surface area (Å²) in [6, 6.07) is 18.1. The SMILES string of the molecule is c1ccc2c(c1)C[C@@H]1[C@H]2ON2CCc3ccccc3[C@@H]12. The molecule has 1 aliphatic carbocycles. The van der Waals surface area contributed by atoms with E-state index in [0.29, 0.717) is 12.0 Å². The number of rotatable bonds is 0. The third-order valence-corrected chi connectivity index (χ3v) is 5.15. The lowest BCUT2D eigenvalue weighted by molar-refractivity contribution is -0.167. The van der Waals surface area contributed by atoms with Gasteiger partial charge in [0, 0.05) is 12.5 Å². The van der Waals surface area contributed by atoms with Crippen molar-refractivity contribution in [1.29, 1.82) is 0 Å². The molecule has 2 aliphatic heterocycles. The van der Waals surface area contributed by atoms with Gasteiger partial charge in [-0.25, -0.2) is 0 Å². The molecule has 5 rings (SSSR count). The lowest BCUT2D eigenvalue weighted by Gasteiger charge is -2.32. The number of hydrogen-bond acceptors (Lipinski definition) is 2. The van der Waals surface area contributed by atoms with Crippen molar-refractivity contribution in [2.45, 2.75) is 25.0 Å². The largest absolute Gasteiger partial charge is 0.290 e. The van der Waals surface area contributed by atoms with Crippen LogP contribution in [0.3, 0.4) is 0 Å². The highest BCUT2D eigenvalue weighted by atomic mass is 16.7. The summed E-state index contributed by atoms with van der Waals surface area (Å²) in [5.74, 6) is 0.578. The molecule has 0 amide bonds. The van der Waals surface area contributed by atoms with E-state index in [2.05, 4.69) is 53.6 Å². The minimum absolute atomic E-state index is 0.266. The van der Waals surface area contributed by atoms with Gasteiger partial charge in [-0.2, -0.15) is 5.06 Å². The summed E-state index contributed by atoms with van der Waals surface area (Å²) in [7, 11) is 0. The highest BCUT2D eigenvalue weighted by Gasteiger charge is 2.50. The molecule has 0 aromatic heterocycles. The molecular weight excluding hydrogens is 246 g/mol. The van der Waals surface area contributed by atoms with E-state index in [9.17, 15) is 0 Å². The van der Waals surface area contributed by atoms with Gasteiger partial charge in [0.25, 0.3) is 0 Å². The van der Waals surface area contributed by atoms with Gasteiger partial charge in [0.15, 0.2) is 0 Å². The number of hydroxylamine groups is 2. The average Bonchev–Trinajstić information content (AvgIpc) is 3.03. The summed E-state index contributed by atoms with van der Waals surface area (Å²) in [5.41, 5.74) is 5.88. The number of nitrogens with zero attached hydrogens (tertiary/aromatic N) is 1. The van der Waals surface area contributed by atoms with Crippen LogP contribution >= 0.6 is 0 Å². The topological polar surface area (TPSA) is 12.5 Å². The Morgan fingerprint density at radius 3 is 2.55 bits per heavy atom. The normalized spacial score (nSPS) is 30.5. The molecule has 100 valence electrons. The Hall–Kier alpha value is -1.64. The third-order valence-electron chi connectivity index (χ3n) is 5.15. The van der Waals surface area contributed by atoms with E-state index in [1.165, 1.54) is 22.3 Å². The highest BCUT2D eigenvalue weighted by Crippen LogP contribution is 2.54. The van der Waals surface area contributed by atoms with Crippen molar-refractivity contribution in [2.75, 3.05) is 6.54 Å². The van der Waals surface area contributed by atoms with Gasteiger partial charge in [0.05, 0.1) is 6.04 Å². The van der Waals surface area contributed by atoms with E-state index < -0.39 is 0 Å². The van der Waals surface area contributed by atoms with Gasteiger partial charge in [0.2, 0.25) is 0 Å². The number of fused-ring (bicyclic) bond motifs is 7. The molecule has 0 spiro atoms. The van der Waals surface area contributed by atoms with Crippen molar-refractivity contribution in [3.05, 3.63) is 70.8 Å². The molecule has 0 unspecified atom stereocenters. The Labute approximate surface area is 118 Å². The van der Waals surface area contributed by atoms with Crippen LogP contribution < -0.4 is 0 Å². The molecule has 1 fully saturated rings. The second-order valence-corrected chi connectivity index (χ2v) is 6.13. The monoisotopic (exact) mass is 263 g/mol. The molecule has 2 heterocycles. The van der Waals surface area contributed by atoms with Gasteiger partial charge >= 0.3 is 0 Å². The summed E-state index contributed by atoms with van der Waals surface area (Å²) < 4.78 is 0. The standard InChI is InChI=1S/C18H17NO/c1-3-7-14-12(5-1)9-10-19-17(14)16-11-13-6-2-4-8-15(13)18(16)20-19/h1-8,16-18H,9-11H2/t16-,17-,18-/m0/s1. The van der Waals surface area contributed by atoms with Crippen LogP contribution in [-0.4, -0.2) is 11.6 Å². The smallest absolute Gasteiger partial charge is 0.110 e. The fourth-order valence-electron chi connectivity index (χ4n) is 4.29. The lowest BCUT2D eigenvalue weighted by Crippen LogP contribution is -2.32. The molecule has 3 aliphatic rings. The molecule has 0 saturated carbocycles. The Balaban J connectivity index is 1.62. The summed E-state index contributed by atoms with van der Waals surface area (Å²) in [6.07, 6.45) is 2.52. The lowest BCUT2D eigenvalue weighted by atomic mass is 9.84. The molecule has 2 nitrogen and oxygen atoms in total. The quantitative estimate of drug-likeness (QED) is 0.722. The highest BCUT2D eigenvalue weighted by molar-refractivity contribution is 5.40. The van der Waals surface area contributed by atoms with Gasteiger partial charge in [-0.1, -0.05) is 48.5 Å². The van der Waals surface area contributed by atoms with E-state index in [1.807, 2.05) is 0 Å². The van der Waals surface area contributed by atoms with Crippen LogP contribution in [0.1, 0.15) is 34.4 Å². The zero-order valence-corrected chi connectivity index (χ0v) is 11.3. The van der Waals surface area contributed by atoms with Crippen LogP contribution in [0.4, 0.5) is 0 Å². The van der Waals surface area contributed by atoms with Gasteiger partial charge in [0.1, 0.15) is 6.10 Å². The maximum absolute atomic E-state index is 6.31. The first-order valence-corrected chi connectivity index (χ1v) is 7.51. The Morgan fingerprint density at radius 2 is 1.65 bits per heavy atom. The summed E-state index contributed by atoms with van der Waals surface area (Å²) >= 11 is 0. The minimum Gasteiger partial charge on any atom is -0.290 e. The van der Waals surface area contributed by atoms with E-state index in [1.54, 1.807) is 0 Å². The maximum atomic E-state index is 6.31. The summed E-state index contributed by atoms with van der Waals surface area (Å²) in [4.78, 5) is 6.31. The van der Waals surface area contributed by atoms with Gasteiger partial charge in [-0.3, -0.25) is 4.84 Å². The summed E-state index contributed by atoms with van der Waals surface area (Å²) in [6.45, 7) is 1.02. The fraction of sp³-hybridized carbons (Fsp3) is 0.333. The van der Waals surface area contributed by atoms with Crippen LogP contribution in [0.25, 0.3) is 0 Å². The third kappa shape index (κ3) is 1.36. The minimum atomic E-state index is 0.266. The van der Waals surface area contributed by atoms with Crippen molar-refractivity contribution < 1.29 is 4.84 Å². The van der Waals surface area contributed by atoms with Crippen LogP contribution in [0.2, 0.25) is 0 Å². The van der Waals surface area contributed by atoms with Crippen molar-refractivity contribution in [1.82, 2.24) is 5.06 Å². The molecule has 2 aromatic rings. The second-order valence-electron chi connectivity index (χ2n) is 6.13. The molecule has 2 aromatic carbocycles. The van der Waals surface area contributed by atoms with E-state index in [4.69, 9.17) is 4.84 Å². The molecule has 1 saturated heterocycles. The van der Waals surface area contributed by atoms with Crippen molar-refractivity contribution in [3.63, 3.8) is 0 Å². The molecule has 2 heteroatoms. The van der Waals surface area contributed by atoms with Crippen LogP contribution in [-0.2, 0) is 17.7 Å². The van der Waals surface area contributed by atoms with E-state index >= 15 is 0 Å². The van der Waals surface area contributed by atoms with Crippen LogP contribution in [0.5, 0.6) is 0 Å². The van der Waals surface area contributed by atoms with Gasteiger partial charge < -0.3 is 0 Å². The first-order valence-electron chi connectivity index (χ1n) is 7.51. The molecule has 0 radical (unpaired) electrons. The van der Waals surface area contributed by atoms with E-state index in [0.717, 1.165) is 19.4 Å². The van der Waals surface area contributed by atoms with Crippen LogP contribution in [0.15, 0.2) is 48.5 Å². The van der Waals surface area contributed by atoms with Crippen LogP contribution in [0, 0.1) is 5.92 Å². The first kappa shape index (κ1) is 11.1. The van der Waals surface area contributed by atoms with E-state index in [-0.39, 0.29) is 6.10 Å². The first-order chi connectivity index (χ1) is 9.92. The summed E-state index contributed by atoms with van der Waals surface area (Å²) in [5, 5.41) is 2.24.